The molecule has 0 unspecified atom stereocenters. The van der Waals surface area contributed by atoms with E-state index in [2.05, 4.69) is 10.3 Å². The molecule has 1 N–H and O–H groups in total. The first-order chi connectivity index (χ1) is 15.7. The second kappa shape index (κ2) is 9.42. The third-order valence-corrected chi connectivity index (χ3v) is 8.51. The number of benzene rings is 2. The number of thiazole rings is 1. The van der Waals surface area contributed by atoms with Crippen LogP contribution < -0.4 is 10.2 Å². The van der Waals surface area contributed by atoms with E-state index in [1.807, 2.05) is 6.07 Å². The van der Waals surface area contributed by atoms with Gasteiger partial charge in [0.1, 0.15) is 4.88 Å². The molecule has 3 aromatic rings. The standard InChI is InChI=1S/C22H19Cl2N3O4S2/c1-2-33(30,31)16-7-6-13(17(24)12-16)10-19(28)26-22-25-18-8-9-27(21(29)20(18)32-22)15-5-3-4-14(23)11-15/h3-7,11-12H,2,8-10H2,1H3,(H,25,26,28). The highest BCUT2D eigenvalue weighted by molar-refractivity contribution is 7.91. The Morgan fingerprint density at radius 3 is 2.70 bits per heavy atom. The molecule has 2 heterocycles. The van der Waals surface area contributed by atoms with Gasteiger partial charge < -0.3 is 10.2 Å². The summed E-state index contributed by atoms with van der Waals surface area (Å²) in [6, 6.07) is 11.4. The highest BCUT2D eigenvalue weighted by atomic mass is 35.5. The summed E-state index contributed by atoms with van der Waals surface area (Å²) < 4.78 is 24.0. The number of rotatable bonds is 6. The van der Waals surface area contributed by atoms with Gasteiger partial charge in [0.15, 0.2) is 15.0 Å². The number of aromatic nitrogens is 1. The minimum atomic E-state index is -3.39. The van der Waals surface area contributed by atoms with Crippen molar-refractivity contribution in [1.29, 1.82) is 0 Å². The molecule has 1 aliphatic rings. The van der Waals surface area contributed by atoms with Crippen molar-refractivity contribution in [3.8, 4) is 0 Å². The van der Waals surface area contributed by atoms with Gasteiger partial charge in [-0.05, 0) is 35.9 Å². The van der Waals surface area contributed by atoms with Crippen molar-refractivity contribution in [3.63, 3.8) is 0 Å². The number of halogens is 2. The lowest BCUT2D eigenvalue weighted by molar-refractivity contribution is -0.115. The second-order valence-corrected chi connectivity index (χ2v) is 11.5. The average Bonchev–Trinajstić information content (AvgIpc) is 3.18. The fourth-order valence-electron chi connectivity index (χ4n) is 3.44. The average molecular weight is 524 g/mol. The molecule has 2 amide bonds. The lowest BCUT2D eigenvalue weighted by Crippen LogP contribution is -2.36. The summed E-state index contributed by atoms with van der Waals surface area (Å²) in [5.74, 6) is -0.591. The van der Waals surface area contributed by atoms with Crippen molar-refractivity contribution in [2.75, 3.05) is 22.5 Å². The van der Waals surface area contributed by atoms with Crippen LogP contribution in [0.4, 0.5) is 10.8 Å². The Labute approximate surface area is 205 Å². The van der Waals surface area contributed by atoms with E-state index >= 15 is 0 Å². The predicted molar refractivity (Wildman–Crippen MR) is 130 cm³/mol. The van der Waals surface area contributed by atoms with Crippen molar-refractivity contribution in [2.45, 2.75) is 24.7 Å². The number of nitrogens with zero attached hydrogens (tertiary/aromatic N) is 2. The zero-order chi connectivity index (χ0) is 23.8. The van der Waals surface area contributed by atoms with Crippen molar-refractivity contribution in [3.05, 3.63) is 68.6 Å². The van der Waals surface area contributed by atoms with Gasteiger partial charge >= 0.3 is 0 Å². The van der Waals surface area contributed by atoms with Crippen LogP contribution in [0.5, 0.6) is 0 Å². The fourth-order valence-corrected chi connectivity index (χ4v) is 5.82. The van der Waals surface area contributed by atoms with Crippen molar-refractivity contribution in [1.82, 2.24) is 4.98 Å². The minimum Gasteiger partial charge on any atom is -0.307 e. The summed E-state index contributed by atoms with van der Waals surface area (Å²) in [5.41, 5.74) is 1.85. The molecular weight excluding hydrogens is 505 g/mol. The molecule has 1 aromatic heterocycles. The monoisotopic (exact) mass is 523 g/mol. The van der Waals surface area contributed by atoms with Gasteiger partial charge in [-0.1, -0.05) is 53.6 Å². The van der Waals surface area contributed by atoms with Gasteiger partial charge in [-0.3, -0.25) is 9.59 Å². The van der Waals surface area contributed by atoms with E-state index in [0.29, 0.717) is 44.9 Å². The lowest BCUT2D eigenvalue weighted by atomic mass is 10.1. The summed E-state index contributed by atoms with van der Waals surface area (Å²) >= 11 is 13.4. The Hall–Kier alpha value is -2.46. The van der Waals surface area contributed by atoms with Crippen LogP contribution in [0.1, 0.15) is 27.9 Å². The number of fused-ring (bicyclic) bond motifs is 1. The first-order valence-corrected chi connectivity index (χ1v) is 13.3. The van der Waals surface area contributed by atoms with Gasteiger partial charge in [0.2, 0.25) is 5.91 Å². The van der Waals surface area contributed by atoms with Crippen LogP contribution in [0.15, 0.2) is 47.4 Å². The Morgan fingerprint density at radius 1 is 1.21 bits per heavy atom. The molecule has 0 spiro atoms. The van der Waals surface area contributed by atoms with Crippen LogP contribution in [-0.2, 0) is 27.5 Å². The van der Waals surface area contributed by atoms with Gasteiger partial charge in [0.05, 0.1) is 22.8 Å². The number of hydrogen-bond acceptors (Lipinski definition) is 6. The number of nitrogens with one attached hydrogen (secondary N) is 1. The molecule has 2 aromatic carbocycles. The number of sulfone groups is 1. The predicted octanol–water partition coefficient (Wildman–Crippen LogP) is 4.63. The molecule has 33 heavy (non-hydrogen) atoms. The van der Waals surface area contributed by atoms with Crippen LogP contribution in [0.3, 0.4) is 0 Å². The van der Waals surface area contributed by atoms with Gasteiger partial charge in [-0.25, -0.2) is 13.4 Å². The summed E-state index contributed by atoms with van der Waals surface area (Å²) in [6.45, 7) is 2.02. The molecular formula is C22H19Cl2N3O4S2. The minimum absolute atomic E-state index is 0.0364. The molecule has 0 saturated carbocycles. The first kappa shape index (κ1) is 23.7. The van der Waals surface area contributed by atoms with Crippen LogP contribution >= 0.6 is 34.5 Å². The first-order valence-electron chi connectivity index (χ1n) is 10.1. The molecule has 4 rings (SSSR count). The van der Waals surface area contributed by atoms with E-state index in [0.717, 1.165) is 11.3 Å². The fraction of sp³-hybridized carbons (Fsp3) is 0.227. The van der Waals surface area contributed by atoms with E-state index in [-0.39, 0.29) is 33.9 Å². The van der Waals surface area contributed by atoms with Crippen molar-refractivity contribution < 1.29 is 18.0 Å². The molecule has 11 heteroatoms. The van der Waals surface area contributed by atoms with Crippen LogP contribution in [0.25, 0.3) is 0 Å². The molecule has 172 valence electrons. The van der Waals surface area contributed by atoms with Crippen LogP contribution in [-0.4, -0.2) is 37.5 Å². The maximum Gasteiger partial charge on any atom is 0.270 e. The maximum absolute atomic E-state index is 13.0. The van der Waals surface area contributed by atoms with E-state index in [9.17, 15) is 18.0 Å². The van der Waals surface area contributed by atoms with Crippen LogP contribution in [0, 0.1) is 0 Å². The summed E-state index contributed by atoms with van der Waals surface area (Å²) in [7, 11) is -3.39. The lowest BCUT2D eigenvalue weighted by Gasteiger charge is -2.26. The largest absolute Gasteiger partial charge is 0.307 e. The van der Waals surface area contributed by atoms with Gasteiger partial charge in [-0.15, -0.1) is 0 Å². The smallest absolute Gasteiger partial charge is 0.270 e. The Kier molecular flexibility index (Phi) is 6.76. The molecule has 0 aliphatic carbocycles. The second-order valence-electron chi connectivity index (χ2n) is 7.36. The molecule has 0 saturated heterocycles. The number of carbonyl (C=O) groups is 2. The van der Waals surface area contributed by atoms with Crippen molar-refractivity contribution in [2.24, 2.45) is 0 Å². The van der Waals surface area contributed by atoms with Crippen LogP contribution in [0.2, 0.25) is 10.0 Å². The van der Waals surface area contributed by atoms with Gasteiger partial charge in [0.25, 0.3) is 5.91 Å². The number of anilines is 2. The topological polar surface area (TPSA) is 96.4 Å². The molecule has 1 aliphatic heterocycles. The zero-order valence-corrected chi connectivity index (χ0v) is 20.6. The van der Waals surface area contributed by atoms with E-state index in [4.69, 9.17) is 23.2 Å². The highest BCUT2D eigenvalue weighted by Crippen LogP contribution is 2.32. The maximum atomic E-state index is 13.0. The van der Waals surface area contributed by atoms with Gasteiger partial charge in [-0.2, -0.15) is 0 Å². The van der Waals surface area contributed by atoms with E-state index < -0.39 is 9.84 Å². The highest BCUT2D eigenvalue weighted by Gasteiger charge is 2.30. The number of hydrogen-bond donors (Lipinski definition) is 1. The summed E-state index contributed by atoms with van der Waals surface area (Å²) in [6.07, 6.45) is 0.497. The Bertz CT molecular complexity index is 1360. The Morgan fingerprint density at radius 2 is 2.00 bits per heavy atom. The third-order valence-electron chi connectivity index (χ3n) is 5.19. The summed E-state index contributed by atoms with van der Waals surface area (Å²) in [4.78, 5) is 32.2. The molecule has 0 radical (unpaired) electrons. The molecule has 7 nitrogen and oxygen atoms in total. The molecule has 0 fully saturated rings. The third kappa shape index (κ3) is 5.06. The van der Waals surface area contributed by atoms with E-state index in [1.165, 1.54) is 18.2 Å². The molecule has 0 atom stereocenters. The molecule has 0 bridgehead atoms. The van der Waals surface area contributed by atoms with Gasteiger partial charge in [0, 0.05) is 28.7 Å². The number of carbonyl (C=O) groups excluding carboxylic acids is 2. The van der Waals surface area contributed by atoms with E-state index in [1.54, 1.807) is 30.0 Å². The Balaban J connectivity index is 1.47. The summed E-state index contributed by atoms with van der Waals surface area (Å²) in [5, 5.41) is 3.78. The quantitative estimate of drug-likeness (QED) is 0.508. The zero-order valence-electron chi connectivity index (χ0n) is 17.5. The SMILES string of the molecule is CCS(=O)(=O)c1ccc(CC(=O)Nc2nc3c(s2)C(=O)N(c2cccc(Cl)c2)CC3)c(Cl)c1. The normalized spacial score (nSPS) is 13.7. The van der Waals surface area contributed by atoms with Crippen molar-refractivity contribution >= 4 is 67.0 Å². The number of amides is 2.